The lowest BCUT2D eigenvalue weighted by Gasteiger charge is -2.08. The molecule has 0 atom stereocenters. The zero-order chi connectivity index (χ0) is 19.1. The molecular formula is C23H15N3O2. The van der Waals surface area contributed by atoms with E-state index in [1.807, 2.05) is 48.5 Å². The van der Waals surface area contributed by atoms with E-state index in [1.165, 1.54) is 0 Å². The Morgan fingerprint density at radius 3 is 2.00 bits per heavy atom. The van der Waals surface area contributed by atoms with Crippen LogP contribution in [0, 0.1) is 0 Å². The highest BCUT2D eigenvalue weighted by Crippen LogP contribution is 2.27. The molecule has 5 aromatic rings. The summed E-state index contributed by atoms with van der Waals surface area (Å²) in [7, 11) is 0. The quantitative estimate of drug-likeness (QED) is 0.381. The molecule has 1 N–H and O–H groups in total. The van der Waals surface area contributed by atoms with Crippen LogP contribution >= 0.6 is 0 Å². The minimum atomic E-state index is -0.565. The largest absolute Gasteiger partial charge is 0.349 e. The number of hydrogen-bond donors (Lipinski definition) is 1. The van der Waals surface area contributed by atoms with Gasteiger partial charge in [-0.3, -0.25) is 4.79 Å². The Kier molecular flexibility index (Phi) is 3.66. The summed E-state index contributed by atoms with van der Waals surface area (Å²) in [5, 5.41) is 8.84. The molecule has 134 valence electrons. The molecule has 1 heterocycles. The minimum absolute atomic E-state index is 0.419. The number of benzene rings is 4. The third-order valence-electron chi connectivity index (χ3n) is 4.90. The molecule has 1 aromatic heterocycles. The summed E-state index contributed by atoms with van der Waals surface area (Å²) in [4.78, 5) is 27.8. The van der Waals surface area contributed by atoms with E-state index in [1.54, 1.807) is 30.5 Å². The monoisotopic (exact) mass is 365 g/mol. The van der Waals surface area contributed by atoms with Crippen molar-refractivity contribution >= 4 is 38.7 Å². The van der Waals surface area contributed by atoms with E-state index in [-0.39, 0.29) is 0 Å². The molecule has 0 unspecified atom stereocenters. The summed E-state index contributed by atoms with van der Waals surface area (Å²) in [6.45, 7) is 0. The summed E-state index contributed by atoms with van der Waals surface area (Å²) in [5.74, 6) is 0. The van der Waals surface area contributed by atoms with Crippen LogP contribution in [0.4, 0.5) is 0 Å². The average molecular weight is 365 g/mol. The Balaban J connectivity index is 1.79. The van der Waals surface area contributed by atoms with Gasteiger partial charge in [-0.1, -0.05) is 60.7 Å². The molecule has 5 rings (SSSR count). The van der Waals surface area contributed by atoms with Crippen molar-refractivity contribution in [2.45, 2.75) is 0 Å². The maximum absolute atomic E-state index is 12.7. The number of aromatic amines is 1. The van der Waals surface area contributed by atoms with Gasteiger partial charge in [0.1, 0.15) is 0 Å². The maximum Gasteiger partial charge on any atom is 0.349 e. The number of H-pyrrole nitrogens is 1. The first-order valence-corrected chi connectivity index (χ1v) is 8.91. The van der Waals surface area contributed by atoms with Gasteiger partial charge in [0, 0.05) is 5.56 Å². The van der Waals surface area contributed by atoms with E-state index >= 15 is 0 Å². The number of nitrogens with one attached hydrogen (secondary N) is 1. The average Bonchev–Trinajstić information content (AvgIpc) is 2.73. The second-order valence-electron chi connectivity index (χ2n) is 6.57. The molecule has 0 bridgehead atoms. The summed E-state index contributed by atoms with van der Waals surface area (Å²) < 4.78 is 0.874. The molecule has 5 nitrogen and oxygen atoms in total. The molecule has 4 aromatic carbocycles. The van der Waals surface area contributed by atoms with Gasteiger partial charge in [0.05, 0.1) is 17.1 Å². The van der Waals surface area contributed by atoms with E-state index in [0.717, 1.165) is 31.8 Å². The lowest BCUT2D eigenvalue weighted by atomic mass is 9.97. The summed E-state index contributed by atoms with van der Waals surface area (Å²) in [6.07, 6.45) is 1.59. The smallest absolute Gasteiger partial charge is 0.305 e. The van der Waals surface area contributed by atoms with Crippen LogP contribution in [0.3, 0.4) is 0 Å². The van der Waals surface area contributed by atoms with Gasteiger partial charge in [-0.25, -0.2) is 4.79 Å². The number of nitrogens with zero attached hydrogens (tertiary/aromatic N) is 2. The van der Waals surface area contributed by atoms with Gasteiger partial charge in [0.25, 0.3) is 5.56 Å². The van der Waals surface area contributed by atoms with Gasteiger partial charge in [-0.05, 0) is 39.7 Å². The van der Waals surface area contributed by atoms with Crippen molar-refractivity contribution in [3.63, 3.8) is 0 Å². The summed E-state index contributed by atoms with van der Waals surface area (Å²) in [5.41, 5.74) is 0.359. The van der Waals surface area contributed by atoms with Crippen molar-refractivity contribution in [3.05, 3.63) is 105 Å². The van der Waals surface area contributed by atoms with Crippen molar-refractivity contribution < 1.29 is 0 Å². The van der Waals surface area contributed by atoms with Crippen LogP contribution in [0.25, 0.3) is 32.4 Å². The SMILES string of the molecule is O=c1[nH]c2ccccc2c(=O)n1N=Cc1c2ccccc2cc2ccccc12. The molecule has 0 fully saturated rings. The molecule has 0 aliphatic heterocycles. The van der Waals surface area contributed by atoms with Gasteiger partial charge in [-0.2, -0.15) is 5.10 Å². The predicted octanol–water partition coefficient (Wildman–Crippen LogP) is 3.88. The van der Waals surface area contributed by atoms with Crippen molar-refractivity contribution in [2.24, 2.45) is 5.10 Å². The standard InChI is InChI=1S/C23H15N3O2/c27-22-19-11-5-6-12-21(19)25-23(28)26(22)24-14-20-17-9-3-1-7-15(17)13-16-8-2-4-10-18(16)20/h1-14H,(H,25,28). The lowest BCUT2D eigenvalue weighted by molar-refractivity contribution is 0.771. The number of fused-ring (bicyclic) bond motifs is 3. The first-order chi connectivity index (χ1) is 13.7. The Morgan fingerprint density at radius 1 is 0.750 bits per heavy atom. The fourth-order valence-corrected chi connectivity index (χ4v) is 3.56. The van der Waals surface area contributed by atoms with E-state index < -0.39 is 11.2 Å². The van der Waals surface area contributed by atoms with Crippen molar-refractivity contribution in [1.29, 1.82) is 0 Å². The second-order valence-corrected chi connectivity index (χ2v) is 6.57. The van der Waals surface area contributed by atoms with Gasteiger partial charge in [0.15, 0.2) is 0 Å². The maximum atomic E-state index is 12.7. The highest BCUT2D eigenvalue weighted by atomic mass is 16.2. The minimum Gasteiger partial charge on any atom is -0.305 e. The van der Waals surface area contributed by atoms with Gasteiger partial charge < -0.3 is 4.98 Å². The number of rotatable bonds is 2. The Labute approximate surface area is 159 Å². The number of para-hydroxylation sites is 1. The molecule has 0 spiro atoms. The zero-order valence-corrected chi connectivity index (χ0v) is 14.8. The van der Waals surface area contributed by atoms with E-state index in [2.05, 4.69) is 16.2 Å². The van der Waals surface area contributed by atoms with Gasteiger partial charge >= 0.3 is 5.69 Å². The first kappa shape index (κ1) is 16.2. The van der Waals surface area contributed by atoms with Gasteiger partial charge in [0.2, 0.25) is 0 Å². The molecule has 5 heteroatoms. The lowest BCUT2D eigenvalue weighted by Crippen LogP contribution is -2.32. The third kappa shape index (κ3) is 2.53. The molecular weight excluding hydrogens is 350 g/mol. The molecule has 0 saturated carbocycles. The van der Waals surface area contributed by atoms with Crippen LogP contribution in [0.1, 0.15) is 5.56 Å². The van der Waals surface area contributed by atoms with Crippen LogP contribution in [0.15, 0.2) is 93.6 Å². The Hall–Kier alpha value is -3.99. The third-order valence-corrected chi connectivity index (χ3v) is 4.90. The van der Waals surface area contributed by atoms with Crippen molar-refractivity contribution in [2.75, 3.05) is 0 Å². The number of hydrogen-bond acceptors (Lipinski definition) is 3. The molecule has 0 aliphatic carbocycles. The normalized spacial score (nSPS) is 11.7. The fraction of sp³-hybridized carbons (Fsp3) is 0. The molecule has 0 saturated heterocycles. The second kappa shape index (κ2) is 6.32. The van der Waals surface area contributed by atoms with Crippen molar-refractivity contribution in [1.82, 2.24) is 9.66 Å². The predicted molar refractivity (Wildman–Crippen MR) is 113 cm³/mol. The Bertz CT molecular complexity index is 1460. The van der Waals surface area contributed by atoms with Crippen LogP contribution in [-0.4, -0.2) is 15.9 Å². The van der Waals surface area contributed by atoms with E-state index in [9.17, 15) is 9.59 Å². The highest BCUT2D eigenvalue weighted by molar-refractivity contribution is 6.13. The topological polar surface area (TPSA) is 67.2 Å². The molecule has 0 radical (unpaired) electrons. The van der Waals surface area contributed by atoms with Crippen LogP contribution in [0.5, 0.6) is 0 Å². The summed E-state index contributed by atoms with van der Waals surface area (Å²) in [6, 6.07) is 25.0. The van der Waals surface area contributed by atoms with Crippen LogP contribution in [0.2, 0.25) is 0 Å². The molecule has 0 amide bonds. The Morgan fingerprint density at radius 2 is 1.32 bits per heavy atom. The van der Waals surface area contributed by atoms with Gasteiger partial charge in [-0.15, -0.1) is 4.68 Å². The molecule has 0 aliphatic rings. The zero-order valence-electron chi connectivity index (χ0n) is 14.8. The number of aromatic nitrogens is 2. The van der Waals surface area contributed by atoms with E-state index in [0.29, 0.717) is 10.9 Å². The molecule has 28 heavy (non-hydrogen) atoms. The summed E-state index contributed by atoms with van der Waals surface area (Å²) >= 11 is 0. The first-order valence-electron chi connectivity index (χ1n) is 8.91. The fourth-order valence-electron chi connectivity index (χ4n) is 3.56. The van der Waals surface area contributed by atoms with E-state index in [4.69, 9.17) is 0 Å². The highest BCUT2D eigenvalue weighted by Gasteiger charge is 2.08. The van der Waals surface area contributed by atoms with Crippen LogP contribution < -0.4 is 11.2 Å². The van der Waals surface area contributed by atoms with Crippen molar-refractivity contribution in [3.8, 4) is 0 Å². The van der Waals surface area contributed by atoms with Crippen LogP contribution in [-0.2, 0) is 0 Å².